The van der Waals surface area contributed by atoms with E-state index in [9.17, 15) is 0 Å². The third kappa shape index (κ3) is 2.24. The lowest BCUT2D eigenvalue weighted by Gasteiger charge is -2.06. The van der Waals surface area contributed by atoms with Gasteiger partial charge in [-0.2, -0.15) is 5.10 Å². The molecule has 0 aliphatic carbocycles. The van der Waals surface area contributed by atoms with Crippen LogP contribution in [0.4, 0.5) is 5.82 Å². The van der Waals surface area contributed by atoms with E-state index in [0.717, 1.165) is 27.7 Å². The lowest BCUT2D eigenvalue weighted by molar-refractivity contribution is 0.400. The molecule has 4 rings (SSSR count). The lowest BCUT2D eigenvalue weighted by atomic mass is 10.1. The topological polar surface area (TPSA) is 108 Å². The van der Waals surface area contributed by atoms with Crippen LogP contribution in [0.25, 0.3) is 22.2 Å². The van der Waals surface area contributed by atoms with E-state index in [0.29, 0.717) is 18.2 Å². The Morgan fingerprint density at radius 3 is 2.96 bits per heavy atom. The summed E-state index contributed by atoms with van der Waals surface area (Å²) in [5.41, 5.74) is 9.65. The molecule has 3 N–H and O–H groups in total. The van der Waals surface area contributed by atoms with Crippen LogP contribution in [0.2, 0.25) is 0 Å². The van der Waals surface area contributed by atoms with E-state index >= 15 is 0 Å². The zero-order valence-corrected chi connectivity index (χ0v) is 13.0. The van der Waals surface area contributed by atoms with Crippen molar-refractivity contribution < 1.29 is 4.74 Å². The van der Waals surface area contributed by atoms with Crippen molar-refractivity contribution in [2.24, 2.45) is 0 Å². The molecule has 0 aliphatic rings. The summed E-state index contributed by atoms with van der Waals surface area (Å²) in [7, 11) is 1.59. The number of aromatic nitrogens is 6. The number of nitrogens with one attached hydrogen (secondary N) is 1. The Bertz CT molecular complexity index is 991. The molecule has 0 atom stereocenters. The van der Waals surface area contributed by atoms with Gasteiger partial charge in [-0.3, -0.25) is 5.10 Å². The number of nitrogens with zero attached hydrogens (tertiary/aromatic N) is 5. The number of pyridine rings is 1. The normalized spacial score (nSPS) is 11.0. The van der Waals surface area contributed by atoms with Crippen LogP contribution < -0.4 is 10.5 Å². The number of nitrogens with two attached hydrogens (primary N) is 1. The van der Waals surface area contributed by atoms with Crippen molar-refractivity contribution in [2.45, 2.75) is 6.54 Å². The Morgan fingerprint density at radius 1 is 1.25 bits per heavy atom. The quantitative estimate of drug-likeness (QED) is 0.594. The summed E-state index contributed by atoms with van der Waals surface area (Å²) < 4.78 is 7.40. The number of hydrogen-bond acceptors (Lipinski definition) is 6. The fourth-order valence-electron chi connectivity index (χ4n) is 2.79. The van der Waals surface area contributed by atoms with Crippen molar-refractivity contribution in [1.82, 2.24) is 29.7 Å². The number of anilines is 1. The molecule has 0 bridgehead atoms. The first-order valence-corrected chi connectivity index (χ1v) is 7.34. The van der Waals surface area contributed by atoms with Crippen LogP contribution in [0.15, 0.2) is 43.2 Å². The second kappa shape index (κ2) is 5.65. The molecule has 0 aromatic carbocycles. The summed E-state index contributed by atoms with van der Waals surface area (Å²) in [6, 6.07) is 3.80. The van der Waals surface area contributed by atoms with E-state index in [1.54, 1.807) is 19.5 Å². The number of nitrogen functional groups attached to an aromatic ring is 1. The summed E-state index contributed by atoms with van der Waals surface area (Å²) in [6.07, 6.45) is 8.77. The van der Waals surface area contributed by atoms with Gasteiger partial charge < -0.3 is 15.0 Å². The Labute approximate surface area is 137 Å². The molecule has 0 saturated carbocycles. The molecule has 24 heavy (non-hydrogen) atoms. The van der Waals surface area contributed by atoms with E-state index in [2.05, 4.69) is 25.1 Å². The number of H-pyrrole nitrogens is 1. The van der Waals surface area contributed by atoms with Crippen LogP contribution in [0.3, 0.4) is 0 Å². The molecular formula is C16H15N7O. The van der Waals surface area contributed by atoms with Crippen LogP contribution in [-0.2, 0) is 6.54 Å². The van der Waals surface area contributed by atoms with Gasteiger partial charge >= 0.3 is 0 Å². The number of methoxy groups -OCH3 is 1. The third-order valence-electron chi connectivity index (χ3n) is 3.85. The molecular weight excluding hydrogens is 306 g/mol. The highest BCUT2D eigenvalue weighted by Crippen LogP contribution is 2.36. The maximum atomic E-state index is 6.13. The van der Waals surface area contributed by atoms with Crippen LogP contribution in [0.1, 0.15) is 5.56 Å². The summed E-state index contributed by atoms with van der Waals surface area (Å²) in [5.74, 6) is 0.954. The Hall–Kier alpha value is -3.42. The lowest BCUT2D eigenvalue weighted by Crippen LogP contribution is -1.99. The second-order valence-corrected chi connectivity index (χ2v) is 5.29. The minimum Gasteiger partial charge on any atom is -0.481 e. The molecule has 0 amide bonds. The standard InChI is InChI=1S/C16H15N7O/c1-24-16-11(3-2-4-18-16)12-8-23(7-10-5-21-22-6-10)15-13(12)14(17)19-9-20-15/h2-6,8-9H,7H2,1H3,(H,21,22)(H2,17,19,20). The van der Waals surface area contributed by atoms with Gasteiger partial charge in [-0.25, -0.2) is 15.0 Å². The Balaban J connectivity index is 1.95. The number of fused-ring (bicyclic) bond motifs is 1. The summed E-state index contributed by atoms with van der Waals surface area (Å²) in [5, 5.41) is 7.58. The van der Waals surface area contributed by atoms with E-state index in [-0.39, 0.29) is 0 Å². The molecule has 4 heterocycles. The van der Waals surface area contributed by atoms with Crippen LogP contribution in [0.5, 0.6) is 5.88 Å². The van der Waals surface area contributed by atoms with Crippen LogP contribution >= 0.6 is 0 Å². The smallest absolute Gasteiger partial charge is 0.221 e. The zero-order chi connectivity index (χ0) is 16.5. The van der Waals surface area contributed by atoms with Crippen molar-refractivity contribution >= 4 is 16.9 Å². The average molecular weight is 321 g/mol. The molecule has 0 spiro atoms. The molecule has 0 aliphatic heterocycles. The van der Waals surface area contributed by atoms with Gasteiger partial charge in [0.15, 0.2) is 0 Å². The van der Waals surface area contributed by atoms with E-state index < -0.39 is 0 Å². The molecule has 120 valence electrons. The van der Waals surface area contributed by atoms with Gasteiger partial charge in [0.05, 0.1) is 25.2 Å². The monoisotopic (exact) mass is 321 g/mol. The van der Waals surface area contributed by atoms with E-state index in [1.165, 1.54) is 6.33 Å². The molecule has 8 nitrogen and oxygen atoms in total. The number of aromatic amines is 1. The van der Waals surface area contributed by atoms with Gasteiger partial charge in [0.25, 0.3) is 0 Å². The van der Waals surface area contributed by atoms with Crippen LogP contribution in [0, 0.1) is 0 Å². The third-order valence-corrected chi connectivity index (χ3v) is 3.85. The number of hydrogen-bond donors (Lipinski definition) is 2. The van der Waals surface area contributed by atoms with Gasteiger partial charge in [-0.1, -0.05) is 0 Å². The van der Waals surface area contributed by atoms with Crippen molar-refractivity contribution in [1.29, 1.82) is 0 Å². The summed E-state index contributed by atoms with van der Waals surface area (Å²) >= 11 is 0. The maximum absolute atomic E-state index is 6.13. The Kier molecular flexibility index (Phi) is 3.34. The second-order valence-electron chi connectivity index (χ2n) is 5.29. The van der Waals surface area contributed by atoms with Gasteiger partial charge in [0.2, 0.25) is 5.88 Å². The highest BCUT2D eigenvalue weighted by Gasteiger charge is 2.18. The first kappa shape index (κ1) is 14.2. The Morgan fingerprint density at radius 2 is 2.17 bits per heavy atom. The predicted octanol–water partition coefficient (Wildman–Crippen LogP) is 1.86. The average Bonchev–Trinajstić information content (AvgIpc) is 3.24. The molecule has 4 aromatic heterocycles. The zero-order valence-electron chi connectivity index (χ0n) is 13.0. The van der Waals surface area contributed by atoms with E-state index in [4.69, 9.17) is 10.5 Å². The van der Waals surface area contributed by atoms with E-state index in [1.807, 2.05) is 29.1 Å². The van der Waals surface area contributed by atoms with Gasteiger partial charge in [-0.05, 0) is 12.1 Å². The molecule has 0 unspecified atom stereocenters. The molecule has 8 heteroatoms. The molecule has 0 radical (unpaired) electrons. The molecule has 0 fully saturated rings. The highest BCUT2D eigenvalue weighted by atomic mass is 16.5. The predicted molar refractivity (Wildman–Crippen MR) is 89.4 cm³/mol. The molecule has 4 aromatic rings. The minimum absolute atomic E-state index is 0.423. The fourth-order valence-corrected chi connectivity index (χ4v) is 2.79. The van der Waals surface area contributed by atoms with Gasteiger partial charge in [0, 0.05) is 35.3 Å². The van der Waals surface area contributed by atoms with Crippen molar-refractivity contribution in [3.05, 3.63) is 48.8 Å². The first-order valence-electron chi connectivity index (χ1n) is 7.34. The van der Waals surface area contributed by atoms with Gasteiger partial charge in [0.1, 0.15) is 17.8 Å². The number of ether oxygens (including phenoxy) is 1. The van der Waals surface area contributed by atoms with Crippen molar-refractivity contribution in [3.8, 4) is 17.0 Å². The molecule has 0 saturated heterocycles. The maximum Gasteiger partial charge on any atom is 0.221 e. The summed E-state index contributed by atoms with van der Waals surface area (Å²) in [6.45, 7) is 0.617. The largest absolute Gasteiger partial charge is 0.481 e. The SMILES string of the molecule is COc1ncccc1-c1cn(Cc2cn[nH]c2)c2ncnc(N)c12. The minimum atomic E-state index is 0.423. The van der Waals surface area contributed by atoms with Crippen LogP contribution in [-0.4, -0.2) is 36.8 Å². The van der Waals surface area contributed by atoms with Crippen molar-refractivity contribution in [3.63, 3.8) is 0 Å². The first-order chi connectivity index (χ1) is 11.8. The van der Waals surface area contributed by atoms with Gasteiger partial charge in [-0.15, -0.1) is 0 Å². The summed E-state index contributed by atoms with van der Waals surface area (Å²) in [4.78, 5) is 12.8. The van der Waals surface area contributed by atoms with Crippen molar-refractivity contribution in [2.75, 3.05) is 12.8 Å². The number of rotatable bonds is 4. The fraction of sp³-hybridized carbons (Fsp3) is 0.125. The highest BCUT2D eigenvalue weighted by molar-refractivity contribution is 6.01.